The lowest BCUT2D eigenvalue weighted by Crippen LogP contribution is -2.53. The molecule has 24 heavy (non-hydrogen) atoms. The lowest BCUT2D eigenvalue weighted by atomic mass is 10.2. The molecule has 0 spiro atoms. The van der Waals surface area contributed by atoms with E-state index in [2.05, 4.69) is 16.0 Å². The van der Waals surface area contributed by atoms with E-state index in [0.717, 1.165) is 12.8 Å². The van der Waals surface area contributed by atoms with Gasteiger partial charge in [0.25, 0.3) is 0 Å². The summed E-state index contributed by atoms with van der Waals surface area (Å²) in [6.45, 7) is 0.654. The lowest BCUT2D eigenvalue weighted by molar-refractivity contribution is -0.140. The third-order valence-corrected chi connectivity index (χ3v) is 4.95. The predicted octanol–water partition coefficient (Wildman–Crippen LogP) is -1.15. The first-order valence-electron chi connectivity index (χ1n) is 8.23. The van der Waals surface area contributed by atoms with E-state index in [0.29, 0.717) is 19.1 Å². The molecule has 0 aromatic rings. The average molecular weight is 356 g/mol. The summed E-state index contributed by atoms with van der Waals surface area (Å²) in [5, 5.41) is 8.14. The maximum atomic E-state index is 11.7. The fourth-order valence-electron chi connectivity index (χ4n) is 2.76. The molecule has 0 aromatic heterocycles. The zero-order chi connectivity index (χ0) is 17.4. The van der Waals surface area contributed by atoms with Crippen LogP contribution in [0.1, 0.15) is 25.7 Å². The van der Waals surface area contributed by atoms with Crippen LogP contribution in [0.4, 0.5) is 0 Å². The van der Waals surface area contributed by atoms with Gasteiger partial charge in [0.05, 0.1) is 24.6 Å². The first-order valence-corrected chi connectivity index (χ1v) is 9.38. The van der Waals surface area contributed by atoms with Crippen molar-refractivity contribution in [3.8, 4) is 0 Å². The molecule has 2 fully saturated rings. The molecule has 0 radical (unpaired) electrons. The van der Waals surface area contributed by atoms with Crippen molar-refractivity contribution in [1.29, 1.82) is 0 Å². The van der Waals surface area contributed by atoms with Crippen molar-refractivity contribution in [2.75, 3.05) is 37.7 Å². The fraction of sp³-hybridized carbons (Fsp3) is 0.733. The van der Waals surface area contributed by atoms with Crippen LogP contribution in [0.3, 0.4) is 0 Å². The molecule has 4 amide bonds. The minimum Gasteiger partial charge on any atom is -0.354 e. The Morgan fingerprint density at radius 2 is 1.88 bits per heavy atom. The molecule has 1 heterocycles. The summed E-state index contributed by atoms with van der Waals surface area (Å²) in [4.78, 5) is 47.6. The van der Waals surface area contributed by atoms with E-state index in [1.807, 2.05) is 0 Å². The van der Waals surface area contributed by atoms with Crippen LogP contribution in [0.25, 0.3) is 0 Å². The Kier molecular flexibility index (Phi) is 7.36. The molecule has 134 valence electrons. The molecule has 1 aliphatic heterocycles. The molecule has 0 aromatic carbocycles. The zero-order valence-corrected chi connectivity index (χ0v) is 14.5. The molecule has 0 unspecified atom stereocenters. The van der Waals surface area contributed by atoms with Crippen LogP contribution in [-0.4, -0.2) is 72.3 Å². The number of nitrogens with one attached hydrogen (secondary N) is 3. The molecule has 9 heteroatoms. The highest BCUT2D eigenvalue weighted by Crippen LogP contribution is 2.17. The van der Waals surface area contributed by atoms with Crippen molar-refractivity contribution < 1.29 is 19.2 Å². The van der Waals surface area contributed by atoms with Gasteiger partial charge < -0.3 is 20.9 Å². The van der Waals surface area contributed by atoms with E-state index in [-0.39, 0.29) is 48.2 Å². The highest BCUT2D eigenvalue weighted by molar-refractivity contribution is 8.00. The Morgan fingerprint density at radius 1 is 1.17 bits per heavy atom. The predicted molar refractivity (Wildman–Crippen MR) is 90.3 cm³/mol. The molecule has 3 N–H and O–H groups in total. The van der Waals surface area contributed by atoms with Crippen LogP contribution >= 0.6 is 11.8 Å². The summed E-state index contributed by atoms with van der Waals surface area (Å²) in [6.07, 6.45) is 4.43. The summed E-state index contributed by atoms with van der Waals surface area (Å²) in [5.74, 6) is -0.0694. The number of nitrogens with zero attached hydrogens (tertiary/aromatic N) is 1. The van der Waals surface area contributed by atoms with Gasteiger partial charge in [-0.15, -0.1) is 11.8 Å². The van der Waals surface area contributed by atoms with Gasteiger partial charge in [0, 0.05) is 19.1 Å². The second-order valence-corrected chi connectivity index (χ2v) is 6.97. The van der Waals surface area contributed by atoms with Crippen molar-refractivity contribution in [3.63, 3.8) is 0 Å². The van der Waals surface area contributed by atoms with Crippen LogP contribution in [0.15, 0.2) is 0 Å². The fourth-order valence-corrected chi connectivity index (χ4v) is 3.42. The second-order valence-electron chi connectivity index (χ2n) is 5.98. The molecule has 2 rings (SSSR count). The van der Waals surface area contributed by atoms with E-state index in [1.54, 1.807) is 0 Å². The third kappa shape index (κ3) is 6.38. The van der Waals surface area contributed by atoms with Crippen molar-refractivity contribution >= 4 is 35.4 Å². The minimum atomic E-state index is -0.190. The van der Waals surface area contributed by atoms with E-state index in [4.69, 9.17) is 0 Å². The van der Waals surface area contributed by atoms with Crippen molar-refractivity contribution in [1.82, 2.24) is 20.9 Å². The molecule has 1 saturated carbocycles. The largest absolute Gasteiger partial charge is 0.354 e. The molecule has 1 aliphatic carbocycles. The highest BCUT2D eigenvalue weighted by Gasteiger charge is 2.22. The second kappa shape index (κ2) is 9.51. The summed E-state index contributed by atoms with van der Waals surface area (Å²) in [5.41, 5.74) is 0. The topological polar surface area (TPSA) is 108 Å². The summed E-state index contributed by atoms with van der Waals surface area (Å²) in [6, 6.07) is 0.297. The van der Waals surface area contributed by atoms with Gasteiger partial charge in [-0.05, 0) is 12.8 Å². The van der Waals surface area contributed by atoms with E-state index >= 15 is 0 Å². The van der Waals surface area contributed by atoms with Gasteiger partial charge in [-0.3, -0.25) is 19.2 Å². The Morgan fingerprint density at radius 3 is 2.62 bits per heavy atom. The number of hydrogen-bond acceptors (Lipinski definition) is 5. The summed E-state index contributed by atoms with van der Waals surface area (Å²) in [7, 11) is 0. The van der Waals surface area contributed by atoms with Crippen molar-refractivity contribution in [2.45, 2.75) is 31.7 Å². The summed E-state index contributed by atoms with van der Waals surface area (Å²) >= 11 is 1.27. The number of carbonyl (C=O) groups excluding carboxylic acids is 4. The molecule has 0 atom stereocenters. The first kappa shape index (κ1) is 18.6. The number of rotatable bonds is 8. The quantitative estimate of drug-likeness (QED) is 0.509. The minimum absolute atomic E-state index is 0.0126. The van der Waals surface area contributed by atoms with Crippen LogP contribution < -0.4 is 16.0 Å². The van der Waals surface area contributed by atoms with Crippen LogP contribution in [0.5, 0.6) is 0 Å². The zero-order valence-electron chi connectivity index (χ0n) is 13.6. The molecule has 2 aliphatic rings. The van der Waals surface area contributed by atoms with E-state index in [9.17, 15) is 19.2 Å². The Hall–Kier alpha value is -1.77. The first-order chi connectivity index (χ1) is 11.5. The maximum absolute atomic E-state index is 11.7. The molecular weight excluding hydrogens is 332 g/mol. The van der Waals surface area contributed by atoms with Crippen LogP contribution in [0, 0.1) is 0 Å². The molecule has 1 saturated heterocycles. The van der Waals surface area contributed by atoms with Gasteiger partial charge in [0.2, 0.25) is 23.6 Å². The highest BCUT2D eigenvalue weighted by atomic mass is 32.2. The van der Waals surface area contributed by atoms with Gasteiger partial charge in [-0.2, -0.15) is 0 Å². The number of carbonyl (C=O) groups is 4. The Balaban J connectivity index is 1.52. The Labute approximate surface area is 145 Å². The molecule has 8 nitrogen and oxygen atoms in total. The molecular formula is C15H24N4O4S. The number of hydrogen-bond donors (Lipinski definition) is 3. The van der Waals surface area contributed by atoms with Crippen molar-refractivity contribution in [2.24, 2.45) is 0 Å². The SMILES string of the molecule is O=C(CSCC(=O)NC1CCCC1)NCCN1CC(=O)NCC1=O. The average Bonchev–Trinajstić information content (AvgIpc) is 3.03. The number of amides is 4. The van der Waals surface area contributed by atoms with Crippen LogP contribution in [-0.2, 0) is 19.2 Å². The summed E-state index contributed by atoms with van der Waals surface area (Å²) < 4.78 is 0. The van der Waals surface area contributed by atoms with E-state index < -0.39 is 0 Å². The van der Waals surface area contributed by atoms with Gasteiger partial charge in [-0.25, -0.2) is 0 Å². The number of thioether (sulfide) groups is 1. The van der Waals surface area contributed by atoms with Crippen LogP contribution in [0.2, 0.25) is 0 Å². The van der Waals surface area contributed by atoms with Gasteiger partial charge in [0.15, 0.2) is 0 Å². The standard InChI is InChI=1S/C15H24N4O4S/c20-12-8-19(15(23)7-17-12)6-5-16-13(21)9-24-10-14(22)18-11-3-1-2-4-11/h11H,1-10H2,(H,16,21)(H,17,20)(H,18,22). The monoisotopic (exact) mass is 356 g/mol. The normalized spacial score (nSPS) is 18.4. The number of piperazine rings is 1. The van der Waals surface area contributed by atoms with Gasteiger partial charge in [0.1, 0.15) is 0 Å². The van der Waals surface area contributed by atoms with Crippen molar-refractivity contribution in [3.05, 3.63) is 0 Å². The molecule has 0 bridgehead atoms. The Bertz CT molecular complexity index is 494. The third-order valence-electron chi connectivity index (χ3n) is 4.01. The van der Waals surface area contributed by atoms with E-state index in [1.165, 1.54) is 29.5 Å². The maximum Gasteiger partial charge on any atom is 0.242 e. The lowest BCUT2D eigenvalue weighted by Gasteiger charge is -2.26. The smallest absolute Gasteiger partial charge is 0.242 e. The van der Waals surface area contributed by atoms with Gasteiger partial charge in [-0.1, -0.05) is 12.8 Å². The van der Waals surface area contributed by atoms with Gasteiger partial charge >= 0.3 is 0 Å².